The van der Waals surface area contributed by atoms with Gasteiger partial charge in [-0.2, -0.15) is 10.2 Å². The minimum Gasteiger partial charge on any atom is -0.394 e. The molecular weight excluding hydrogens is 336 g/mol. The van der Waals surface area contributed by atoms with Crippen molar-refractivity contribution in [2.45, 2.75) is 18.3 Å². The minimum atomic E-state index is -1.63. The number of hydrogen-bond donors (Lipinski definition) is 6. The molecule has 8 heteroatoms. The molecule has 8 nitrogen and oxygen atoms in total. The number of nitrogens with zero attached hydrogens (tertiary/aromatic N) is 2. The van der Waals surface area contributed by atoms with E-state index in [9.17, 15) is 15.3 Å². The maximum atomic E-state index is 10.2. The first-order valence-corrected chi connectivity index (χ1v) is 7.99. The van der Waals surface area contributed by atoms with Gasteiger partial charge in [-0.3, -0.25) is 10.9 Å². The van der Waals surface area contributed by atoms with E-state index in [2.05, 4.69) is 21.1 Å². The Balaban J connectivity index is 2.14. The van der Waals surface area contributed by atoms with E-state index in [4.69, 9.17) is 5.11 Å². The molecule has 2 rings (SSSR count). The first kappa shape index (κ1) is 19.5. The molecule has 0 aliphatic rings. The Hall–Kier alpha value is -2.78. The molecule has 0 saturated heterocycles. The maximum Gasteiger partial charge on any atom is 0.128 e. The number of aliphatic hydroxyl groups excluding tert-OH is 4. The van der Waals surface area contributed by atoms with Crippen LogP contribution in [0.2, 0.25) is 0 Å². The summed E-state index contributed by atoms with van der Waals surface area (Å²) in [6.07, 6.45) is -3.47. The third-order valence-corrected chi connectivity index (χ3v) is 3.46. The average molecular weight is 358 g/mol. The van der Waals surface area contributed by atoms with Crippen molar-refractivity contribution in [2.24, 2.45) is 10.2 Å². The molecule has 138 valence electrons. The van der Waals surface area contributed by atoms with Crippen molar-refractivity contribution in [1.29, 1.82) is 0 Å². The van der Waals surface area contributed by atoms with Gasteiger partial charge >= 0.3 is 0 Å². The van der Waals surface area contributed by atoms with E-state index < -0.39 is 24.9 Å². The molecule has 0 aliphatic carbocycles. The van der Waals surface area contributed by atoms with Gasteiger partial charge in [0.2, 0.25) is 0 Å². The molecule has 2 aromatic carbocycles. The van der Waals surface area contributed by atoms with E-state index >= 15 is 0 Å². The fourth-order valence-corrected chi connectivity index (χ4v) is 1.99. The zero-order valence-electron chi connectivity index (χ0n) is 14.0. The van der Waals surface area contributed by atoms with Gasteiger partial charge in [-0.05, 0) is 24.3 Å². The van der Waals surface area contributed by atoms with E-state index in [1.807, 2.05) is 36.4 Å². The van der Waals surface area contributed by atoms with Crippen LogP contribution < -0.4 is 10.9 Å². The molecule has 0 aliphatic heterocycles. The lowest BCUT2D eigenvalue weighted by Crippen LogP contribution is -2.44. The van der Waals surface area contributed by atoms with Gasteiger partial charge in [0.25, 0.3) is 0 Å². The van der Waals surface area contributed by atoms with Crippen molar-refractivity contribution in [3.63, 3.8) is 0 Å². The lowest BCUT2D eigenvalue weighted by atomic mass is 10.0. The lowest BCUT2D eigenvalue weighted by Gasteiger charge is -2.21. The molecule has 0 spiro atoms. The first-order valence-electron chi connectivity index (χ1n) is 7.99. The van der Waals surface area contributed by atoms with E-state index in [1.165, 1.54) is 6.21 Å². The predicted octanol–water partition coefficient (Wildman–Crippen LogP) is 0.627. The SMILES string of the molecule is OC[C@@H](O)[C@@H](O)[C@H](O)C(/C=N/Nc1ccccc1)=N/Nc1ccccc1. The molecule has 0 aromatic heterocycles. The maximum absolute atomic E-state index is 10.2. The number of nitrogens with one attached hydrogen (secondary N) is 2. The number of aliphatic hydroxyl groups is 4. The van der Waals surface area contributed by atoms with Gasteiger partial charge in [0, 0.05) is 0 Å². The molecule has 0 amide bonds. The third kappa shape index (κ3) is 5.94. The largest absolute Gasteiger partial charge is 0.394 e. The van der Waals surface area contributed by atoms with Crippen molar-refractivity contribution in [1.82, 2.24) is 0 Å². The Morgan fingerprint density at radius 3 is 1.96 bits per heavy atom. The number of benzene rings is 2. The second-order valence-electron chi connectivity index (χ2n) is 5.44. The number of hydrogen-bond acceptors (Lipinski definition) is 8. The summed E-state index contributed by atoms with van der Waals surface area (Å²) in [4.78, 5) is 0. The highest BCUT2D eigenvalue weighted by Crippen LogP contribution is 2.08. The van der Waals surface area contributed by atoms with E-state index in [0.29, 0.717) is 5.69 Å². The second kappa shape index (κ2) is 10.3. The highest BCUT2D eigenvalue weighted by atomic mass is 16.4. The number of hydrazone groups is 2. The van der Waals surface area contributed by atoms with E-state index in [1.54, 1.807) is 24.3 Å². The number of rotatable bonds is 9. The molecule has 26 heavy (non-hydrogen) atoms. The van der Waals surface area contributed by atoms with E-state index in [-0.39, 0.29) is 5.71 Å². The Kier molecular flexibility index (Phi) is 7.72. The molecule has 0 bridgehead atoms. The Morgan fingerprint density at radius 2 is 1.42 bits per heavy atom. The summed E-state index contributed by atoms with van der Waals surface area (Å²) in [5, 5.41) is 46.7. The summed E-state index contributed by atoms with van der Waals surface area (Å²) in [7, 11) is 0. The summed E-state index contributed by atoms with van der Waals surface area (Å²) in [5.41, 5.74) is 6.87. The molecule has 0 radical (unpaired) electrons. The zero-order chi connectivity index (χ0) is 18.8. The molecule has 0 unspecified atom stereocenters. The van der Waals surface area contributed by atoms with Crippen LogP contribution in [0, 0.1) is 0 Å². The van der Waals surface area contributed by atoms with Gasteiger partial charge in [-0.1, -0.05) is 36.4 Å². The monoisotopic (exact) mass is 358 g/mol. The minimum absolute atomic E-state index is 0.0303. The summed E-state index contributed by atoms with van der Waals surface area (Å²) >= 11 is 0. The fourth-order valence-electron chi connectivity index (χ4n) is 1.99. The quantitative estimate of drug-likeness (QED) is 0.288. The fraction of sp³-hybridized carbons (Fsp3) is 0.222. The van der Waals surface area contributed by atoms with Crippen molar-refractivity contribution in [2.75, 3.05) is 17.5 Å². The van der Waals surface area contributed by atoms with Crippen LogP contribution in [0.4, 0.5) is 11.4 Å². The van der Waals surface area contributed by atoms with Crippen LogP contribution >= 0.6 is 0 Å². The van der Waals surface area contributed by atoms with Gasteiger partial charge in [0.05, 0.1) is 24.2 Å². The lowest BCUT2D eigenvalue weighted by molar-refractivity contribution is -0.0548. The zero-order valence-corrected chi connectivity index (χ0v) is 14.0. The highest BCUT2D eigenvalue weighted by Gasteiger charge is 2.27. The highest BCUT2D eigenvalue weighted by molar-refractivity contribution is 6.33. The molecule has 3 atom stereocenters. The molecule has 0 fully saturated rings. The van der Waals surface area contributed by atoms with Gasteiger partial charge in [-0.25, -0.2) is 0 Å². The Labute approximate surface area is 151 Å². The van der Waals surface area contributed by atoms with Crippen molar-refractivity contribution in [3.05, 3.63) is 60.7 Å². The number of para-hydroxylation sites is 2. The average Bonchev–Trinajstić information content (AvgIpc) is 2.70. The van der Waals surface area contributed by atoms with Crippen LogP contribution in [0.3, 0.4) is 0 Å². The standard InChI is InChI=1S/C18H22N4O4/c23-12-16(24)18(26)17(25)15(22-21-14-9-5-2-6-10-14)11-19-20-13-7-3-1-4-8-13/h1-11,16-18,20-21,23-26H,12H2/b19-11+,22-15+/t16-,17-,18-/m1/s1. The van der Waals surface area contributed by atoms with Gasteiger partial charge in [-0.15, -0.1) is 0 Å². The third-order valence-electron chi connectivity index (χ3n) is 3.46. The topological polar surface area (TPSA) is 130 Å². The molecule has 2 aromatic rings. The van der Waals surface area contributed by atoms with Crippen LogP contribution in [0.25, 0.3) is 0 Å². The van der Waals surface area contributed by atoms with Gasteiger partial charge < -0.3 is 20.4 Å². The normalized spacial score (nSPS) is 15.5. The molecule has 0 saturated carbocycles. The van der Waals surface area contributed by atoms with Crippen LogP contribution in [0.15, 0.2) is 70.9 Å². The van der Waals surface area contributed by atoms with E-state index in [0.717, 1.165) is 5.69 Å². The predicted molar refractivity (Wildman–Crippen MR) is 101 cm³/mol. The summed E-state index contributed by atoms with van der Waals surface area (Å²) in [6.45, 7) is -0.697. The van der Waals surface area contributed by atoms with Gasteiger partial charge in [0.1, 0.15) is 24.0 Å². The first-order chi connectivity index (χ1) is 12.6. The summed E-state index contributed by atoms with van der Waals surface area (Å²) in [6, 6.07) is 18.1. The molecular formula is C18H22N4O4. The second-order valence-corrected chi connectivity index (χ2v) is 5.44. The molecule has 0 heterocycles. The van der Waals surface area contributed by atoms with Crippen molar-refractivity contribution < 1.29 is 20.4 Å². The Morgan fingerprint density at radius 1 is 0.885 bits per heavy atom. The van der Waals surface area contributed by atoms with Crippen LogP contribution in [0.5, 0.6) is 0 Å². The smallest absolute Gasteiger partial charge is 0.128 e. The number of anilines is 2. The Bertz CT molecular complexity index is 710. The van der Waals surface area contributed by atoms with Crippen molar-refractivity contribution >= 4 is 23.3 Å². The molecule has 6 N–H and O–H groups in total. The van der Waals surface area contributed by atoms with Crippen LogP contribution in [-0.2, 0) is 0 Å². The summed E-state index contributed by atoms with van der Waals surface area (Å²) < 4.78 is 0. The van der Waals surface area contributed by atoms with Crippen LogP contribution in [0.1, 0.15) is 0 Å². The van der Waals surface area contributed by atoms with Crippen LogP contribution in [-0.4, -0.2) is 57.3 Å². The van der Waals surface area contributed by atoms with Crippen molar-refractivity contribution in [3.8, 4) is 0 Å². The van der Waals surface area contributed by atoms with Gasteiger partial charge in [0.15, 0.2) is 0 Å². The summed E-state index contributed by atoms with van der Waals surface area (Å²) in [5.74, 6) is 0.